The molecule has 4 heteroatoms. The first-order valence-corrected chi connectivity index (χ1v) is 7.18. The zero-order chi connectivity index (χ0) is 13.9. The highest BCUT2D eigenvalue weighted by Crippen LogP contribution is 2.39. The van der Waals surface area contributed by atoms with Gasteiger partial charge in [-0.1, -0.05) is 13.8 Å². The molecule has 1 aliphatic heterocycles. The number of nitrogens with one attached hydrogen (secondary N) is 1. The number of anilines is 1. The number of halogens is 1. The van der Waals surface area contributed by atoms with Gasteiger partial charge in [-0.3, -0.25) is 0 Å². The Morgan fingerprint density at radius 3 is 2.74 bits per heavy atom. The van der Waals surface area contributed by atoms with Crippen LogP contribution < -0.4 is 10.2 Å². The van der Waals surface area contributed by atoms with Gasteiger partial charge in [0.1, 0.15) is 0 Å². The summed E-state index contributed by atoms with van der Waals surface area (Å²) in [6.07, 6.45) is 5.15. The van der Waals surface area contributed by atoms with Crippen LogP contribution in [0.5, 0.6) is 0 Å². The molecule has 3 nitrogen and oxygen atoms in total. The SMILES string of the molecule is CCC1(CC)CCN(c2nccc(CNC)c2F)C1. The molecule has 2 rings (SSSR count). The van der Waals surface area contributed by atoms with Crippen LogP contribution in [0.1, 0.15) is 38.7 Å². The lowest BCUT2D eigenvalue weighted by Crippen LogP contribution is -2.27. The van der Waals surface area contributed by atoms with E-state index in [1.165, 1.54) is 0 Å². The Morgan fingerprint density at radius 2 is 2.16 bits per heavy atom. The molecule has 1 N–H and O–H groups in total. The number of hydrogen-bond acceptors (Lipinski definition) is 3. The Morgan fingerprint density at radius 1 is 1.42 bits per heavy atom. The van der Waals surface area contributed by atoms with Crippen LogP contribution >= 0.6 is 0 Å². The zero-order valence-corrected chi connectivity index (χ0v) is 12.2. The molecule has 106 valence electrons. The van der Waals surface area contributed by atoms with Crippen molar-refractivity contribution in [3.05, 3.63) is 23.6 Å². The van der Waals surface area contributed by atoms with E-state index in [1.54, 1.807) is 12.3 Å². The van der Waals surface area contributed by atoms with Crippen LogP contribution in [0, 0.1) is 11.2 Å². The quantitative estimate of drug-likeness (QED) is 0.887. The molecule has 0 amide bonds. The fraction of sp³-hybridized carbons (Fsp3) is 0.667. The number of aromatic nitrogens is 1. The van der Waals surface area contributed by atoms with Crippen molar-refractivity contribution in [2.75, 3.05) is 25.0 Å². The van der Waals surface area contributed by atoms with E-state index in [2.05, 4.69) is 29.0 Å². The van der Waals surface area contributed by atoms with E-state index in [9.17, 15) is 4.39 Å². The summed E-state index contributed by atoms with van der Waals surface area (Å²) in [5.74, 6) is 0.358. The summed E-state index contributed by atoms with van der Waals surface area (Å²) in [4.78, 5) is 6.37. The maximum absolute atomic E-state index is 14.4. The third kappa shape index (κ3) is 2.73. The smallest absolute Gasteiger partial charge is 0.170 e. The minimum atomic E-state index is -0.167. The Balaban J connectivity index is 2.22. The van der Waals surface area contributed by atoms with Crippen molar-refractivity contribution in [2.45, 2.75) is 39.7 Å². The lowest BCUT2D eigenvalue weighted by molar-refractivity contribution is 0.301. The Bertz CT molecular complexity index is 429. The van der Waals surface area contributed by atoms with Gasteiger partial charge in [-0.05, 0) is 37.8 Å². The molecule has 0 atom stereocenters. The number of pyridine rings is 1. The molecule has 19 heavy (non-hydrogen) atoms. The molecule has 0 bridgehead atoms. The molecule has 1 fully saturated rings. The summed E-state index contributed by atoms with van der Waals surface area (Å²) in [6, 6.07) is 1.75. The van der Waals surface area contributed by atoms with Crippen molar-refractivity contribution in [3.8, 4) is 0 Å². The number of rotatable bonds is 5. The average Bonchev–Trinajstić information content (AvgIpc) is 2.86. The molecule has 0 spiro atoms. The fourth-order valence-electron chi connectivity index (χ4n) is 2.96. The second kappa shape index (κ2) is 5.87. The first kappa shape index (κ1) is 14.3. The van der Waals surface area contributed by atoms with E-state index in [0.717, 1.165) is 32.4 Å². The topological polar surface area (TPSA) is 28.2 Å². The summed E-state index contributed by atoms with van der Waals surface area (Å²) in [5.41, 5.74) is 1.03. The number of nitrogens with zero attached hydrogens (tertiary/aromatic N) is 2. The van der Waals surface area contributed by atoms with E-state index < -0.39 is 0 Å². The summed E-state index contributed by atoms with van der Waals surface area (Å²) >= 11 is 0. The van der Waals surface area contributed by atoms with Gasteiger partial charge in [0.05, 0.1) is 0 Å². The third-order valence-electron chi connectivity index (χ3n) is 4.56. The van der Waals surface area contributed by atoms with Crippen LogP contribution in [-0.4, -0.2) is 25.1 Å². The highest BCUT2D eigenvalue weighted by molar-refractivity contribution is 5.44. The van der Waals surface area contributed by atoms with Crippen molar-refractivity contribution >= 4 is 5.82 Å². The summed E-state index contributed by atoms with van der Waals surface area (Å²) < 4.78 is 14.4. The lowest BCUT2D eigenvalue weighted by Gasteiger charge is -2.27. The number of hydrogen-bond donors (Lipinski definition) is 1. The Kier molecular flexibility index (Phi) is 4.40. The normalized spacial score (nSPS) is 18.0. The van der Waals surface area contributed by atoms with Gasteiger partial charge in [-0.2, -0.15) is 0 Å². The predicted molar refractivity (Wildman–Crippen MR) is 76.8 cm³/mol. The molecule has 1 aromatic rings. The highest BCUT2D eigenvalue weighted by atomic mass is 19.1. The minimum absolute atomic E-state index is 0.167. The first-order valence-electron chi connectivity index (χ1n) is 7.18. The summed E-state index contributed by atoms with van der Waals surface area (Å²) in [5, 5.41) is 2.99. The molecule has 0 radical (unpaired) electrons. The van der Waals surface area contributed by atoms with Crippen LogP contribution in [0.15, 0.2) is 12.3 Å². The van der Waals surface area contributed by atoms with Gasteiger partial charge in [0.2, 0.25) is 0 Å². The van der Waals surface area contributed by atoms with Crippen LogP contribution in [0.25, 0.3) is 0 Å². The van der Waals surface area contributed by atoms with E-state index in [0.29, 0.717) is 23.3 Å². The van der Waals surface area contributed by atoms with Crippen LogP contribution in [0.3, 0.4) is 0 Å². The molecule has 0 aromatic carbocycles. The van der Waals surface area contributed by atoms with Gasteiger partial charge in [-0.15, -0.1) is 0 Å². The zero-order valence-electron chi connectivity index (χ0n) is 12.2. The molecule has 0 aliphatic carbocycles. The predicted octanol–water partition coefficient (Wildman–Crippen LogP) is 2.96. The van der Waals surface area contributed by atoms with Crippen LogP contribution in [0.4, 0.5) is 10.2 Å². The lowest BCUT2D eigenvalue weighted by atomic mass is 9.82. The molecule has 0 saturated carbocycles. The van der Waals surface area contributed by atoms with E-state index >= 15 is 0 Å². The monoisotopic (exact) mass is 265 g/mol. The molecule has 0 unspecified atom stereocenters. The van der Waals surface area contributed by atoms with Gasteiger partial charge in [0.25, 0.3) is 0 Å². The van der Waals surface area contributed by atoms with Crippen molar-refractivity contribution in [1.29, 1.82) is 0 Å². The van der Waals surface area contributed by atoms with E-state index in [4.69, 9.17) is 0 Å². The first-order chi connectivity index (χ1) is 9.15. The van der Waals surface area contributed by atoms with Crippen LogP contribution in [-0.2, 0) is 6.54 Å². The molecular weight excluding hydrogens is 241 g/mol. The summed E-state index contributed by atoms with van der Waals surface area (Å²) in [6.45, 7) is 6.84. The second-order valence-electron chi connectivity index (χ2n) is 5.52. The highest BCUT2D eigenvalue weighted by Gasteiger charge is 2.36. The van der Waals surface area contributed by atoms with Gasteiger partial charge in [0.15, 0.2) is 11.6 Å². The maximum atomic E-state index is 14.4. The molecular formula is C15H24FN3. The maximum Gasteiger partial charge on any atom is 0.170 e. The van der Waals surface area contributed by atoms with Gasteiger partial charge in [-0.25, -0.2) is 9.37 Å². The summed E-state index contributed by atoms with van der Waals surface area (Å²) in [7, 11) is 1.83. The van der Waals surface area contributed by atoms with Crippen LogP contribution in [0.2, 0.25) is 0 Å². The molecule has 2 heterocycles. The fourth-order valence-corrected chi connectivity index (χ4v) is 2.96. The minimum Gasteiger partial charge on any atom is -0.354 e. The van der Waals surface area contributed by atoms with Crippen molar-refractivity contribution in [1.82, 2.24) is 10.3 Å². The van der Waals surface area contributed by atoms with E-state index in [-0.39, 0.29) is 5.82 Å². The molecule has 1 aliphatic rings. The van der Waals surface area contributed by atoms with Crippen molar-refractivity contribution < 1.29 is 4.39 Å². The Labute approximate surface area is 115 Å². The van der Waals surface area contributed by atoms with Gasteiger partial charge in [0, 0.05) is 31.4 Å². The molecule has 1 aromatic heterocycles. The van der Waals surface area contributed by atoms with Crippen molar-refractivity contribution in [3.63, 3.8) is 0 Å². The van der Waals surface area contributed by atoms with Crippen molar-refractivity contribution in [2.24, 2.45) is 5.41 Å². The average molecular weight is 265 g/mol. The molecule has 1 saturated heterocycles. The van der Waals surface area contributed by atoms with Gasteiger partial charge < -0.3 is 10.2 Å². The standard InChI is InChI=1S/C15H24FN3/c1-4-15(5-2)7-9-19(11-15)14-13(16)12(10-17-3)6-8-18-14/h6,8,17H,4-5,7,9-11H2,1-3H3. The second-order valence-corrected chi connectivity index (χ2v) is 5.52. The largest absolute Gasteiger partial charge is 0.354 e. The third-order valence-corrected chi connectivity index (χ3v) is 4.56. The van der Waals surface area contributed by atoms with Gasteiger partial charge >= 0.3 is 0 Å². The van der Waals surface area contributed by atoms with E-state index in [1.807, 2.05) is 7.05 Å². The Hall–Kier alpha value is -1.16.